The minimum atomic E-state index is -0.995. The van der Waals surface area contributed by atoms with E-state index in [9.17, 15) is 9.59 Å². The molecule has 0 saturated carbocycles. The predicted molar refractivity (Wildman–Crippen MR) is 83.2 cm³/mol. The number of rotatable bonds is 5. The van der Waals surface area contributed by atoms with Crippen molar-refractivity contribution in [3.8, 4) is 0 Å². The van der Waals surface area contributed by atoms with Crippen molar-refractivity contribution in [2.75, 3.05) is 0 Å². The van der Waals surface area contributed by atoms with Crippen molar-refractivity contribution in [2.45, 2.75) is 12.5 Å². The van der Waals surface area contributed by atoms with Crippen LogP contribution in [0.3, 0.4) is 0 Å². The summed E-state index contributed by atoms with van der Waals surface area (Å²) in [6, 6.07) is 7.70. The number of carboxylic acids is 1. The van der Waals surface area contributed by atoms with Gasteiger partial charge in [-0.2, -0.15) is 0 Å². The van der Waals surface area contributed by atoms with Gasteiger partial charge in [0.25, 0.3) is 5.91 Å². The van der Waals surface area contributed by atoms with E-state index in [4.69, 9.17) is 28.3 Å². The molecular formula is C14H11Cl2NO3S. The van der Waals surface area contributed by atoms with E-state index in [1.165, 1.54) is 17.4 Å². The summed E-state index contributed by atoms with van der Waals surface area (Å²) >= 11 is 13.3. The van der Waals surface area contributed by atoms with Gasteiger partial charge >= 0.3 is 5.97 Å². The molecule has 1 amide bonds. The van der Waals surface area contributed by atoms with Gasteiger partial charge in [-0.3, -0.25) is 9.59 Å². The van der Waals surface area contributed by atoms with Gasteiger partial charge in [0, 0.05) is 4.88 Å². The molecule has 2 N–H and O–H groups in total. The molecule has 7 heteroatoms. The monoisotopic (exact) mass is 343 g/mol. The Morgan fingerprint density at radius 3 is 2.62 bits per heavy atom. The van der Waals surface area contributed by atoms with Crippen molar-refractivity contribution < 1.29 is 14.7 Å². The van der Waals surface area contributed by atoms with E-state index in [1.54, 1.807) is 24.3 Å². The topological polar surface area (TPSA) is 66.4 Å². The third-order valence-electron chi connectivity index (χ3n) is 2.77. The molecule has 21 heavy (non-hydrogen) atoms. The van der Waals surface area contributed by atoms with Gasteiger partial charge in [0.05, 0.1) is 28.1 Å². The molecule has 0 bridgehead atoms. The van der Waals surface area contributed by atoms with Crippen LogP contribution in [0, 0.1) is 0 Å². The lowest BCUT2D eigenvalue weighted by molar-refractivity contribution is -0.137. The molecule has 2 aromatic rings. The van der Waals surface area contributed by atoms with Gasteiger partial charge in [0.1, 0.15) is 0 Å². The van der Waals surface area contributed by atoms with Crippen LogP contribution >= 0.6 is 34.5 Å². The molecule has 1 aromatic carbocycles. The first-order valence-electron chi connectivity index (χ1n) is 5.99. The predicted octanol–water partition coefficient (Wildman–Crippen LogP) is 4.00. The smallest absolute Gasteiger partial charge is 0.305 e. The zero-order valence-corrected chi connectivity index (χ0v) is 13.0. The summed E-state index contributed by atoms with van der Waals surface area (Å²) in [5.41, 5.74) is 0.219. The zero-order chi connectivity index (χ0) is 15.4. The van der Waals surface area contributed by atoms with Gasteiger partial charge in [-0.25, -0.2) is 0 Å². The van der Waals surface area contributed by atoms with Crippen LogP contribution in [0.5, 0.6) is 0 Å². The Morgan fingerprint density at radius 1 is 1.24 bits per heavy atom. The summed E-state index contributed by atoms with van der Waals surface area (Å²) in [5.74, 6) is -1.45. The van der Waals surface area contributed by atoms with Gasteiger partial charge in [-0.15, -0.1) is 11.3 Å². The summed E-state index contributed by atoms with van der Waals surface area (Å²) in [7, 11) is 0. The highest BCUT2D eigenvalue weighted by atomic mass is 35.5. The maximum Gasteiger partial charge on any atom is 0.305 e. The number of amides is 1. The molecule has 1 unspecified atom stereocenters. The van der Waals surface area contributed by atoms with Crippen molar-refractivity contribution >= 4 is 46.4 Å². The molecule has 1 heterocycles. The van der Waals surface area contributed by atoms with Gasteiger partial charge < -0.3 is 10.4 Å². The zero-order valence-electron chi connectivity index (χ0n) is 10.7. The van der Waals surface area contributed by atoms with Crippen LogP contribution in [0.25, 0.3) is 0 Å². The number of hydrogen-bond donors (Lipinski definition) is 2. The standard InChI is InChI=1S/C14H11Cl2NO3S/c15-9-4-1-3-8(13(9)16)14(20)17-10(7-12(18)19)11-5-2-6-21-11/h1-6,10H,7H2,(H,17,20)(H,18,19). The molecule has 1 atom stereocenters. The number of benzene rings is 1. The van der Waals surface area contributed by atoms with Crippen molar-refractivity contribution in [1.82, 2.24) is 5.32 Å². The van der Waals surface area contributed by atoms with E-state index in [-0.39, 0.29) is 22.0 Å². The molecule has 0 aliphatic carbocycles. The Morgan fingerprint density at radius 2 is 2.00 bits per heavy atom. The minimum Gasteiger partial charge on any atom is -0.481 e. The third kappa shape index (κ3) is 3.97. The maximum absolute atomic E-state index is 12.3. The second-order valence-corrected chi connectivity index (χ2v) is 6.01. The average molecular weight is 344 g/mol. The Labute approximate surface area is 135 Å². The second-order valence-electron chi connectivity index (χ2n) is 4.24. The number of carbonyl (C=O) groups excluding carboxylic acids is 1. The normalized spacial score (nSPS) is 11.9. The molecule has 0 saturated heterocycles. The van der Waals surface area contributed by atoms with Crippen molar-refractivity contribution in [2.24, 2.45) is 0 Å². The molecule has 0 radical (unpaired) electrons. The lowest BCUT2D eigenvalue weighted by Gasteiger charge is -2.16. The SMILES string of the molecule is O=C(O)CC(NC(=O)c1cccc(Cl)c1Cl)c1cccs1. The lowest BCUT2D eigenvalue weighted by atomic mass is 10.1. The lowest BCUT2D eigenvalue weighted by Crippen LogP contribution is -2.29. The number of aliphatic carboxylic acids is 1. The molecule has 110 valence electrons. The van der Waals surface area contributed by atoms with E-state index in [1.807, 2.05) is 5.38 Å². The molecule has 0 spiro atoms. The van der Waals surface area contributed by atoms with Crippen LogP contribution in [0.2, 0.25) is 10.0 Å². The largest absolute Gasteiger partial charge is 0.481 e. The average Bonchev–Trinajstić information content (AvgIpc) is 2.94. The highest BCUT2D eigenvalue weighted by Crippen LogP contribution is 2.27. The van der Waals surface area contributed by atoms with Crippen LogP contribution in [0.4, 0.5) is 0 Å². The summed E-state index contributed by atoms with van der Waals surface area (Å²) in [6.45, 7) is 0. The highest BCUT2D eigenvalue weighted by molar-refractivity contribution is 7.10. The molecule has 0 fully saturated rings. The fraction of sp³-hybridized carbons (Fsp3) is 0.143. The summed E-state index contributed by atoms with van der Waals surface area (Å²) in [4.78, 5) is 24.0. The minimum absolute atomic E-state index is 0.150. The summed E-state index contributed by atoms with van der Waals surface area (Å²) in [6.07, 6.45) is -0.204. The number of carboxylic acid groups (broad SMARTS) is 1. The number of thiophene rings is 1. The van der Waals surface area contributed by atoms with Crippen LogP contribution in [0.1, 0.15) is 27.7 Å². The Hall–Kier alpha value is -1.56. The third-order valence-corrected chi connectivity index (χ3v) is 4.57. The Balaban J connectivity index is 2.22. The van der Waals surface area contributed by atoms with Gasteiger partial charge in [0.15, 0.2) is 0 Å². The maximum atomic E-state index is 12.3. The van der Waals surface area contributed by atoms with Crippen LogP contribution in [-0.4, -0.2) is 17.0 Å². The van der Waals surface area contributed by atoms with Crippen LogP contribution in [0.15, 0.2) is 35.7 Å². The van der Waals surface area contributed by atoms with E-state index >= 15 is 0 Å². The van der Waals surface area contributed by atoms with E-state index in [0.717, 1.165) is 4.88 Å². The molecular weight excluding hydrogens is 333 g/mol. The quantitative estimate of drug-likeness (QED) is 0.862. The number of carbonyl (C=O) groups is 2. The van der Waals surface area contributed by atoms with E-state index in [2.05, 4.69) is 5.32 Å². The fourth-order valence-electron chi connectivity index (χ4n) is 1.80. The number of halogens is 2. The van der Waals surface area contributed by atoms with Crippen molar-refractivity contribution in [1.29, 1.82) is 0 Å². The Kier molecular flexibility index (Phi) is 5.22. The number of nitrogens with one attached hydrogen (secondary N) is 1. The summed E-state index contributed by atoms with van der Waals surface area (Å²) < 4.78 is 0. The highest BCUT2D eigenvalue weighted by Gasteiger charge is 2.21. The van der Waals surface area contributed by atoms with Crippen LogP contribution < -0.4 is 5.32 Å². The fourth-order valence-corrected chi connectivity index (χ4v) is 2.97. The van der Waals surface area contributed by atoms with Gasteiger partial charge in [-0.1, -0.05) is 35.3 Å². The van der Waals surface area contributed by atoms with E-state index < -0.39 is 17.9 Å². The number of hydrogen-bond acceptors (Lipinski definition) is 3. The first kappa shape index (κ1) is 15.8. The second kappa shape index (κ2) is 6.93. The van der Waals surface area contributed by atoms with Gasteiger partial charge in [-0.05, 0) is 23.6 Å². The summed E-state index contributed by atoms with van der Waals surface area (Å²) in [5, 5.41) is 13.9. The van der Waals surface area contributed by atoms with Crippen molar-refractivity contribution in [3.63, 3.8) is 0 Å². The molecule has 2 rings (SSSR count). The van der Waals surface area contributed by atoms with Crippen molar-refractivity contribution in [3.05, 3.63) is 56.2 Å². The molecule has 0 aliphatic rings. The first-order chi connectivity index (χ1) is 9.99. The van der Waals surface area contributed by atoms with Crippen LogP contribution in [-0.2, 0) is 4.79 Å². The van der Waals surface area contributed by atoms with E-state index in [0.29, 0.717) is 0 Å². The Bertz CT molecular complexity index is 658. The first-order valence-corrected chi connectivity index (χ1v) is 7.62. The van der Waals surface area contributed by atoms with Gasteiger partial charge in [0.2, 0.25) is 0 Å². The molecule has 1 aromatic heterocycles. The molecule has 4 nitrogen and oxygen atoms in total. The molecule has 0 aliphatic heterocycles.